The zero-order valence-corrected chi connectivity index (χ0v) is 16.2. The Bertz CT molecular complexity index is 832. The van der Waals surface area contributed by atoms with Crippen LogP contribution in [-0.2, 0) is 14.9 Å². The number of rotatable bonds is 8. The van der Waals surface area contributed by atoms with E-state index in [0.717, 1.165) is 0 Å². The van der Waals surface area contributed by atoms with Crippen LogP contribution in [0.2, 0.25) is 0 Å². The molecule has 1 aromatic carbocycles. The molecule has 2 aliphatic heterocycles. The van der Waals surface area contributed by atoms with Crippen molar-refractivity contribution in [2.24, 2.45) is 0 Å². The van der Waals surface area contributed by atoms with Crippen LogP contribution in [0, 0.1) is 5.82 Å². The topological polar surface area (TPSA) is 90.4 Å². The van der Waals surface area contributed by atoms with Crippen molar-refractivity contribution in [3.05, 3.63) is 24.0 Å². The van der Waals surface area contributed by atoms with Gasteiger partial charge in [0, 0.05) is 32.1 Å². The summed E-state index contributed by atoms with van der Waals surface area (Å²) in [5.74, 6) is -1.00. The Hall–Kier alpha value is -1.98. The first kappa shape index (κ1) is 20.7. The molecule has 1 N–H and O–H groups in total. The zero-order valence-electron chi connectivity index (χ0n) is 15.4. The molecule has 0 bridgehead atoms. The van der Waals surface area contributed by atoms with E-state index in [0.29, 0.717) is 31.0 Å². The fraction of sp³-hybridized carbons (Fsp3) is 0.588. The molecule has 0 saturated carbocycles. The maximum absolute atomic E-state index is 14.6. The molecule has 1 amide bonds. The molecule has 8 nitrogen and oxygen atoms in total. The Morgan fingerprint density at radius 1 is 1.32 bits per heavy atom. The van der Waals surface area contributed by atoms with E-state index in [9.17, 15) is 22.0 Å². The number of likely N-dealkylation sites (N-methyl/N-ethyl adjacent to an activating group) is 1. The Labute approximate surface area is 162 Å². The second-order valence-electron chi connectivity index (χ2n) is 7.06. The summed E-state index contributed by atoms with van der Waals surface area (Å²) in [5.41, 5.74) is 0.719. The fourth-order valence-electron chi connectivity index (χ4n) is 3.33. The third-order valence-corrected chi connectivity index (χ3v) is 5.83. The third-order valence-electron chi connectivity index (χ3n) is 5.08. The molecular formula is C17H23F2N3O5S. The quantitative estimate of drug-likeness (QED) is 0.639. The number of ether oxygens (including phenoxy) is 1. The molecule has 2 heterocycles. The highest BCUT2D eigenvalue weighted by atomic mass is 32.2. The van der Waals surface area contributed by atoms with Gasteiger partial charge in [0.15, 0.2) is 0 Å². The molecular weight excluding hydrogens is 396 g/mol. The van der Waals surface area contributed by atoms with Crippen molar-refractivity contribution in [2.45, 2.75) is 18.6 Å². The van der Waals surface area contributed by atoms with Crippen LogP contribution in [0.15, 0.2) is 18.2 Å². The maximum atomic E-state index is 14.6. The number of halogens is 2. The maximum Gasteiger partial charge on any atom is 0.414 e. The standard InChI is InChI=1S/C17H23F2N3O5S/c1-20(6-5-18)13-9-21(10-13)16-3-2-12(8-15(16)19)22-11-14(27-17(22)23)4-7-28(24,25)26/h2-3,8,13-14H,4-7,9-11H2,1H3,(H,24,25,26). The lowest BCUT2D eigenvalue weighted by Gasteiger charge is -2.45. The molecule has 28 heavy (non-hydrogen) atoms. The molecule has 0 aromatic heterocycles. The molecule has 3 rings (SSSR count). The van der Waals surface area contributed by atoms with Crippen molar-refractivity contribution in [2.75, 3.05) is 55.5 Å². The van der Waals surface area contributed by atoms with E-state index >= 15 is 0 Å². The van der Waals surface area contributed by atoms with Crippen LogP contribution in [0.5, 0.6) is 0 Å². The lowest BCUT2D eigenvalue weighted by Crippen LogP contribution is -2.59. The summed E-state index contributed by atoms with van der Waals surface area (Å²) in [5, 5.41) is 0. The van der Waals surface area contributed by atoms with Gasteiger partial charge in [0.25, 0.3) is 10.1 Å². The minimum absolute atomic E-state index is 0.0385. The van der Waals surface area contributed by atoms with Crippen LogP contribution < -0.4 is 9.80 Å². The molecule has 2 aliphatic rings. The Morgan fingerprint density at radius 2 is 2.04 bits per heavy atom. The van der Waals surface area contributed by atoms with Gasteiger partial charge in [0.2, 0.25) is 0 Å². The van der Waals surface area contributed by atoms with Gasteiger partial charge in [-0.1, -0.05) is 0 Å². The molecule has 0 radical (unpaired) electrons. The minimum atomic E-state index is -4.14. The van der Waals surface area contributed by atoms with Crippen molar-refractivity contribution in [1.29, 1.82) is 0 Å². The van der Waals surface area contributed by atoms with Gasteiger partial charge in [-0.15, -0.1) is 0 Å². The Kier molecular flexibility index (Phi) is 6.06. The lowest BCUT2D eigenvalue weighted by atomic mass is 10.1. The van der Waals surface area contributed by atoms with Crippen LogP contribution in [-0.4, -0.2) is 81.8 Å². The fourth-order valence-corrected chi connectivity index (χ4v) is 3.89. The Morgan fingerprint density at radius 3 is 2.64 bits per heavy atom. The molecule has 0 spiro atoms. The average molecular weight is 419 g/mol. The smallest absolute Gasteiger partial charge is 0.414 e. The number of anilines is 2. The summed E-state index contributed by atoms with van der Waals surface area (Å²) in [6.07, 6.45) is -1.42. The van der Waals surface area contributed by atoms with Gasteiger partial charge < -0.3 is 9.64 Å². The van der Waals surface area contributed by atoms with Crippen molar-refractivity contribution in [1.82, 2.24) is 4.90 Å². The highest BCUT2D eigenvalue weighted by molar-refractivity contribution is 7.85. The number of hydrogen-bond donors (Lipinski definition) is 1. The first-order valence-corrected chi connectivity index (χ1v) is 10.5. The molecule has 1 unspecified atom stereocenters. The van der Waals surface area contributed by atoms with Crippen molar-refractivity contribution in [3.8, 4) is 0 Å². The highest BCUT2D eigenvalue weighted by Gasteiger charge is 2.35. The lowest BCUT2D eigenvalue weighted by molar-refractivity contribution is 0.139. The van der Waals surface area contributed by atoms with Gasteiger partial charge in [0.05, 0.1) is 23.7 Å². The first-order valence-electron chi connectivity index (χ1n) is 8.92. The SMILES string of the molecule is CN(CCF)C1CN(c2ccc(N3CC(CCS(=O)(=O)O)OC3=O)cc2F)C1. The molecule has 11 heteroatoms. The van der Waals surface area contributed by atoms with Crippen LogP contribution in [0.4, 0.5) is 25.0 Å². The summed E-state index contributed by atoms with van der Waals surface area (Å²) in [7, 11) is -2.31. The second-order valence-corrected chi connectivity index (χ2v) is 8.63. The number of alkyl halides is 1. The van der Waals surface area contributed by atoms with E-state index in [1.165, 1.54) is 11.0 Å². The summed E-state index contributed by atoms with van der Waals surface area (Å²) in [4.78, 5) is 17.0. The predicted octanol–water partition coefficient (Wildman–Crippen LogP) is 1.52. The van der Waals surface area contributed by atoms with Crippen molar-refractivity contribution >= 4 is 27.6 Å². The normalized spacial score (nSPS) is 20.6. The third kappa shape index (κ3) is 4.70. The summed E-state index contributed by atoms with van der Waals surface area (Å²) in [6.45, 7) is 1.18. The molecule has 2 saturated heterocycles. The number of carbonyl (C=O) groups excluding carboxylic acids is 1. The van der Waals surface area contributed by atoms with Gasteiger partial charge in [-0.05, 0) is 25.2 Å². The molecule has 156 valence electrons. The molecule has 1 aromatic rings. The minimum Gasteiger partial charge on any atom is -0.444 e. The number of benzene rings is 1. The predicted molar refractivity (Wildman–Crippen MR) is 99.7 cm³/mol. The van der Waals surface area contributed by atoms with Gasteiger partial charge in [-0.25, -0.2) is 13.6 Å². The van der Waals surface area contributed by atoms with Crippen LogP contribution in [0.1, 0.15) is 6.42 Å². The monoisotopic (exact) mass is 419 g/mol. The second kappa shape index (κ2) is 8.18. The van der Waals surface area contributed by atoms with Gasteiger partial charge in [-0.3, -0.25) is 14.4 Å². The molecule has 0 aliphatic carbocycles. The Balaban J connectivity index is 1.61. The number of cyclic esters (lactones) is 1. The number of hydrogen-bond acceptors (Lipinski definition) is 6. The van der Waals surface area contributed by atoms with E-state index < -0.39 is 40.6 Å². The molecule has 1 atom stereocenters. The van der Waals surface area contributed by atoms with E-state index in [2.05, 4.69) is 0 Å². The largest absolute Gasteiger partial charge is 0.444 e. The van der Waals surface area contributed by atoms with E-state index in [1.54, 1.807) is 12.1 Å². The number of amides is 1. The van der Waals surface area contributed by atoms with E-state index in [4.69, 9.17) is 9.29 Å². The van der Waals surface area contributed by atoms with Crippen LogP contribution >= 0.6 is 0 Å². The van der Waals surface area contributed by atoms with Crippen molar-refractivity contribution in [3.63, 3.8) is 0 Å². The zero-order chi connectivity index (χ0) is 20.5. The van der Waals surface area contributed by atoms with Gasteiger partial charge in [0.1, 0.15) is 18.6 Å². The highest BCUT2D eigenvalue weighted by Crippen LogP contribution is 2.31. The average Bonchev–Trinajstić information content (AvgIpc) is 2.94. The number of nitrogens with zero attached hydrogens (tertiary/aromatic N) is 3. The van der Waals surface area contributed by atoms with Crippen LogP contribution in [0.3, 0.4) is 0 Å². The summed E-state index contributed by atoms with van der Waals surface area (Å²) in [6, 6.07) is 4.59. The number of carbonyl (C=O) groups is 1. The summed E-state index contributed by atoms with van der Waals surface area (Å²) < 4.78 is 62.5. The van der Waals surface area contributed by atoms with Gasteiger partial charge >= 0.3 is 6.09 Å². The summed E-state index contributed by atoms with van der Waals surface area (Å²) >= 11 is 0. The van der Waals surface area contributed by atoms with E-state index in [1.807, 2.05) is 16.8 Å². The van der Waals surface area contributed by atoms with Gasteiger partial charge in [-0.2, -0.15) is 8.42 Å². The first-order chi connectivity index (χ1) is 13.2. The van der Waals surface area contributed by atoms with Crippen molar-refractivity contribution < 1.29 is 31.3 Å². The van der Waals surface area contributed by atoms with E-state index in [-0.39, 0.29) is 19.0 Å². The van der Waals surface area contributed by atoms with Crippen LogP contribution in [0.25, 0.3) is 0 Å². The molecule has 2 fully saturated rings.